The first-order valence-corrected chi connectivity index (χ1v) is 10.1. The van der Waals surface area contributed by atoms with Gasteiger partial charge in [-0.25, -0.2) is 0 Å². The molecule has 0 aliphatic carbocycles. The van der Waals surface area contributed by atoms with Gasteiger partial charge in [-0.05, 0) is 58.8 Å². The second-order valence-corrected chi connectivity index (χ2v) is 7.27. The SMILES string of the molecule is COc1ccc([C@H](Cc2ccncc2)c2ccccc2)cc1Oc1ccsc1. The molecule has 0 unspecified atom stereocenters. The first-order chi connectivity index (χ1) is 13.8. The van der Waals surface area contributed by atoms with E-state index in [9.17, 15) is 0 Å². The lowest BCUT2D eigenvalue weighted by Gasteiger charge is -2.20. The number of benzene rings is 2. The Labute approximate surface area is 169 Å². The van der Waals surface area contributed by atoms with Crippen molar-refractivity contribution in [2.75, 3.05) is 7.11 Å². The Morgan fingerprint density at radius 2 is 1.71 bits per heavy atom. The van der Waals surface area contributed by atoms with Gasteiger partial charge >= 0.3 is 0 Å². The van der Waals surface area contributed by atoms with Crippen LogP contribution in [0, 0.1) is 0 Å². The number of aromatic nitrogens is 1. The first kappa shape index (κ1) is 18.3. The number of hydrogen-bond donors (Lipinski definition) is 0. The zero-order chi connectivity index (χ0) is 19.2. The molecule has 2 aromatic heterocycles. The van der Waals surface area contributed by atoms with Crippen LogP contribution in [-0.4, -0.2) is 12.1 Å². The summed E-state index contributed by atoms with van der Waals surface area (Å²) < 4.78 is 11.6. The van der Waals surface area contributed by atoms with Crippen LogP contribution in [0.5, 0.6) is 17.2 Å². The summed E-state index contributed by atoms with van der Waals surface area (Å²) in [6, 6.07) is 22.9. The van der Waals surface area contributed by atoms with E-state index in [1.54, 1.807) is 18.4 Å². The van der Waals surface area contributed by atoms with Crippen LogP contribution in [0.4, 0.5) is 0 Å². The number of thiophene rings is 1. The lowest BCUT2D eigenvalue weighted by Crippen LogP contribution is -2.06. The third kappa shape index (κ3) is 4.24. The average molecular weight is 388 g/mol. The summed E-state index contributed by atoms with van der Waals surface area (Å²) in [6.45, 7) is 0. The molecule has 0 spiro atoms. The zero-order valence-electron chi connectivity index (χ0n) is 15.6. The van der Waals surface area contributed by atoms with Gasteiger partial charge in [-0.3, -0.25) is 4.98 Å². The Morgan fingerprint density at radius 1 is 0.893 bits per heavy atom. The zero-order valence-corrected chi connectivity index (χ0v) is 16.4. The van der Waals surface area contributed by atoms with Gasteiger partial charge < -0.3 is 9.47 Å². The Hall–Kier alpha value is -3.11. The van der Waals surface area contributed by atoms with E-state index in [1.807, 2.05) is 41.4 Å². The van der Waals surface area contributed by atoms with Crippen molar-refractivity contribution < 1.29 is 9.47 Å². The molecule has 1 atom stereocenters. The van der Waals surface area contributed by atoms with E-state index in [2.05, 4.69) is 53.5 Å². The van der Waals surface area contributed by atoms with E-state index in [4.69, 9.17) is 9.47 Å². The van der Waals surface area contributed by atoms with Crippen molar-refractivity contribution in [1.29, 1.82) is 0 Å². The first-order valence-electron chi connectivity index (χ1n) is 9.15. The number of rotatable bonds is 7. The molecule has 4 aromatic rings. The third-order valence-electron chi connectivity index (χ3n) is 4.70. The van der Waals surface area contributed by atoms with Crippen LogP contribution >= 0.6 is 11.3 Å². The van der Waals surface area contributed by atoms with Gasteiger partial charge in [-0.2, -0.15) is 0 Å². The molecule has 0 radical (unpaired) electrons. The maximum Gasteiger partial charge on any atom is 0.169 e. The van der Waals surface area contributed by atoms with Gasteiger partial charge in [0.05, 0.1) is 7.11 Å². The molecule has 0 bridgehead atoms. The molecule has 140 valence electrons. The molecular formula is C24H21NO2S. The molecule has 2 aromatic carbocycles. The highest BCUT2D eigenvalue weighted by Gasteiger charge is 2.18. The van der Waals surface area contributed by atoms with Crippen LogP contribution in [0.15, 0.2) is 89.9 Å². The van der Waals surface area contributed by atoms with Crippen molar-refractivity contribution in [3.05, 3.63) is 107 Å². The van der Waals surface area contributed by atoms with Crippen LogP contribution in [0.3, 0.4) is 0 Å². The van der Waals surface area contributed by atoms with Gasteiger partial charge in [-0.15, -0.1) is 11.3 Å². The molecule has 4 rings (SSSR count). The third-order valence-corrected chi connectivity index (χ3v) is 5.37. The van der Waals surface area contributed by atoms with Crippen LogP contribution in [0.1, 0.15) is 22.6 Å². The van der Waals surface area contributed by atoms with Crippen molar-refractivity contribution in [1.82, 2.24) is 4.98 Å². The van der Waals surface area contributed by atoms with Crippen molar-refractivity contribution in [3.8, 4) is 17.2 Å². The monoisotopic (exact) mass is 387 g/mol. The average Bonchev–Trinajstić information content (AvgIpc) is 3.26. The van der Waals surface area contributed by atoms with Crippen LogP contribution in [0.25, 0.3) is 0 Å². The summed E-state index contributed by atoms with van der Waals surface area (Å²) in [5.74, 6) is 2.49. The highest BCUT2D eigenvalue weighted by molar-refractivity contribution is 7.08. The summed E-state index contributed by atoms with van der Waals surface area (Å²) in [5.41, 5.74) is 3.71. The Bertz CT molecular complexity index is 1000. The van der Waals surface area contributed by atoms with E-state index in [0.29, 0.717) is 0 Å². The van der Waals surface area contributed by atoms with E-state index < -0.39 is 0 Å². The van der Waals surface area contributed by atoms with E-state index in [-0.39, 0.29) is 5.92 Å². The predicted octanol–water partition coefficient (Wildman–Crippen LogP) is 6.32. The molecule has 0 saturated heterocycles. The molecule has 0 fully saturated rings. The molecule has 0 N–H and O–H groups in total. The molecule has 0 aliphatic rings. The molecule has 3 nitrogen and oxygen atoms in total. The molecule has 0 aliphatic heterocycles. The van der Waals surface area contributed by atoms with Crippen molar-refractivity contribution in [2.24, 2.45) is 0 Å². The lowest BCUT2D eigenvalue weighted by atomic mass is 9.86. The minimum atomic E-state index is 0.208. The molecule has 28 heavy (non-hydrogen) atoms. The Balaban J connectivity index is 1.73. The van der Waals surface area contributed by atoms with Crippen molar-refractivity contribution in [2.45, 2.75) is 12.3 Å². The fourth-order valence-electron chi connectivity index (χ4n) is 3.29. The maximum atomic E-state index is 6.09. The highest BCUT2D eigenvalue weighted by Crippen LogP contribution is 2.37. The number of nitrogens with zero attached hydrogens (tertiary/aromatic N) is 1. The molecular weight excluding hydrogens is 366 g/mol. The summed E-state index contributed by atoms with van der Waals surface area (Å²) in [6.07, 6.45) is 4.57. The summed E-state index contributed by atoms with van der Waals surface area (Å²) in [7, 11) is 1.67. The number of pyridine rings is 1. The standard InChI is InChI=1S/C24H21NO2S/c1-26-23-8-7-20(16-24(23)27-21-11-14-28-17-21)22(19-5-3-2-4-6-19)15-18-9-12-25-13-10-18/h2-14,16-17,22H,15H2,1H3/t22-/m1/s1. The number of hydrogen-bond acceptors (Lipinski definition) is 4. The van der Waals surface area contributed by atoms with E-state index in [1.165, 1.54) is 16.7 Å². The fraction of sp³-hybridized carbons (Fsp3) is 0.125. The molecule has 0 amide bonds. The molecule has 4 heteroatoms. The second-order valence-electron chi connectivity index (χ2n) is 6.49. The summed E-state index contributed by atoms with van der Waals surface area (Å²) in [5, 5.41) is 3.99. The largest absolute Gasteiger partial charge is 0.493 e. The fourth-order valence-corrected chi connectivity index (χ4v) is 3.85. The van der Waals surface area contributed by atoms with Crippen LogP contribution in [0.2, 0.25) is 0 Å². The maximum absolute atomic E-state index is 6.09. The van der Waals surface area contributed by atoms with E-state index in [0.717, 1.165) is 23.7 Å². The predicted molar refractivity (Wildman–Crippen MR) is 114 cm³/mol. The van der Waals surface area contributed by atoms with Gasteiger partial charge in [0.15, 0.2) is 11.5 Å². The lowest BCUT2D eigenvalue weighted by molar-refractivity contribution is 0.379. The quantitative estimate of drug-likeness (QED) is 0.372. The minimum Gasteiger partial charge on any atom is -0.493 e. The Kier molecular flexibility index (Phi) is 5.69. The van der Waals surface area contributed by atoms with E-state index >= 15 is 0 Å². The Morgan fingerprint density at radius 3 is 2.43 bits per heavy atom. The smallest absolute Gasteiger partial charge is 0.169 e. The minimum absolute atomic E-state index is 0.208. The topological polar surface area (TPSA) is 31.4 Å². The normalized spacial score (nSPS) is 11.8. The molecule has 0 saturated carbocycles. The summed E-state index contributed by atoms with van der Waals surface area (Å²) >= 11 is 1.61. The van der Waals surface area contributed by atoms with Crippen LogP contribution < -0.4 is 9.47 Å². The van der Waals surface area contributed by atoms with Gasteiger partial charge in [0, 0.05) is 23.7 Å². The van der Waals surface area contributed by atoms with Gasteiger partial charge in [0.1, 0.15) is 5.75 Å². The van der Waals surface area contributed by atoms with Crippen molar-refractivity contribution in [3.63, 3.8) is 0 Å². The van der Waals surface area contributed by atoms with Gasteiger partial charge in [0.25, 0.3) is 0 Å². The molecule has 2 heterocycles. The highest BCUT2D eigenvalue weighted by atomic mass is 32.1. The second kappa shape index (κ2) is 8.72. The number of methoxy groups -OCH3 is 1. The van der Waals surface area contributed by atoms with Gasteiger partial charge in [-0.1, -0.05) is 36.4 Å². The number of ether oxygens (including phenoxy) is 2. The van der Waals surface area contributed by atoms with Crippen LogP contribution in [-0.2, 0) is 6.42 Å². The van der Waals surface area contributed by atoms with Crippen molar-refractivity contribution >= 4 is 11.3 Å². The summed E-state index contributed by atoms with van der Waals surface area (Å²) in [4.78, 5) is 4.14. The van der Waals surface area contributed by atoms with Gasteiger partial charge in [0.2, 0.25) is 0 Å².